The van der Waals surface area contributed by atoms with Gasteiger partial charge in [-0.05, 0) is 29.7 Å². The van der Waals surface area contributed by atoms with E-state index in [4.69, 9.17) is 9.47 Å². The van der Waals surface area contributed by atoms with Gasteiger partial charge in [-0.2, -0.15) is 0 Å². The van der Waals surface area contributed by atoms with Crippen molar-refractivity contribution in [2.45, 2.75) is 51.6 Å². The number of aromatic nitrogens is 2. The van der Waals surface area contributed by atoms with Gasteiger partial charge in [0.25, 0.3) is 0 Å². The normalized spacial score (nSPS) is 10.8. The topological polar surface area (TPSA) is 72.4 Å². The Kier molecular flexibility index (Phi) is 22.3. The van der Waals surface area contributed by atoms with E-state index in [1.807, 2.05) is 60.9 Å². The van der Waals surface area contributed by atoms with E-state index in [-0.39, 0.29) is 30.7 Å². The van der Waals surface area contributed by atoms with Crippen LogP contribution >= 0.6 is 21.6 Å². The summed E-state index contributed by atoms with van der Waals surface area (Å²) in [4.78, 5) is 24.6. The number of ether oxygens (including phenoxy) is 2. The minimum atomic E-state index is 0. The third-order valence-electron chi connectivity index (χ3n) is 7.99. The fourth-order valence-electron chi connectivity index (χ4n) is 5.21. The molecule has 4 aromatic rings. The predicted octanol–water partition coefficient (Wildman–Crippen LogP) is 1.74. The number of amides is 1. The number of Topliss-reactive ketones (excluding diaryl/α,β-unsaturated/α-hetero) is 1. The van der Waals surface area contributed by atoms with E-state index >= 15 is 0 Å². The predicted molar refractivity (Wildman–Crippen MR) is 208 cm³/mol. The molecule has 0 aliphatic heterocycles. The highest BCUT2D eigenvalue weighted by atomic mass is 35.5. The van der Waals surface area contributed by atoms with Gasteiger partial charge in [0.2, 0.25) is 5.91 Å². The van der Waals surface area contributed by atoms with Crippen LogP contribution in [-0.2, 0) is 22.7 Å². The Hall–Kier alpha value is -3.76. The summed E-state index contributed by atoms with van der Waals surface area (Å²) in [6, 6.07) is 24.2. The molecule has 0 aliphatic rings. The van der Waals surface area contributed by atoms with Crippen LogP contribution in [0.25, 0.3) is 24.3 Å². The molecule has 0 atom stereocenters. The molecule has 1 amide bonds. The summed E-state index contributed by atoms with van der Waals surface area (Å²) in [6.07, 6.45) is 20.7. The molecule has 2 aromatic heterocycles. The SMILES string of the molecule is COc1ccccc1/C=C/c1cc[n+](CCCC(=O)CCCSSCCNC(=O)CCC[n+]2ccc(/C=C/c3ccccc3OC)cc2)cc1.[Cl-].[Cl-]. The molecule has 0 fully saturated rings. The van der Waals surface area contributed by atoms with Gasteiger partial charge >= 0.3 is 0 Å². The van der Waals surface area contributed by atoms with Crippen molar-refractivity contribution in [2.24, 2.45) is 0 Å². The van der Waals surface area contributed by atoms with Crippen LogP contribution in [0.4, 0.5) is 0 Å². The van der Waals surface area contributed by atoms with Crippen LogP contribution in [0, 0.1) is 0 Å². The molecular formula is C41H49Cl2N3O4S2. The van der Waals surface area contributed by atoms with Crippen molar-refractivity contribution < 1.29 is 53.0 Å². The maximum Gasteiger partial charge on any atom is 0.220 e. The minimum Gasteiger partial charge on any atom is -1.00 e. The fraction of sp³-hybridized carbons (Fsp3) is 0.317. The Bertz CT molecular complexity index is 1560. The molecule has 7 nitrogen and oxygen atoms in total. The molecule has 0 bridgehead atoms. The van der Waals surface area contributed by atoms with Crippen molar-refractivity contribution in [3.05, 3.63) is 120 Å². The van der Waals surface area contributed by atoms with Gasteiger partial charge in [-0.1, -0.05) is 82.3 Å². The van der Waals surface area contributed by atoms with Crippen molar-refractivity contribution in [1.29, 1.82) is 0 Å². The van der Waals surface area contributed by atoms with Gasteiger partial charge in [-0.15, -0.1) is 0 Å². The van der Waals surface area contributed by atoms with Crippen molar-refractivity contribution in [2.75, 3.05) is 32.3 Å². The average molecular weight is 783 g/mol. The van der Waals surface area contributed by atoms with E-state index in [0.717, 1.165) is 77.6 Å². The van der Waals surface area contributed by atoms with E-state index in [1.165, 1.54) is 0 Å². The summed E-state index contributed by atoms with van der Waals surface area (Å²) >= 11 is 0. The monoisotopic (exact) mass is 781 g/mol. The number of methoxy groups -OCH3 is 2. The molecule has 0 unspecified atom stereocenters. The largest absolute Gasteiger partial charge is 1.00 e. The second-order valence-corrected chi connectivity index (χ2v) is 14.4. The number of hydrogen-bond donors (Lipinski definition) is 1. The molecule has 278 valence electrons. The second kappa shape index (κ2) is 26.1. The summed E-state index contributed by atoms with van der Waals surface area (Å²) in [5.41, 5.74) is 4.30. The quantitative estimate of drug-likeness (QED) is 0.0746. The molecular weight excluding hydrogens is 734 g/mol. The lowest BCUT2D eigenvalue weighted by Gasteiger charge is -2.05. The minimum absolute atomic E-state index is 0. The Labute approximate surface area is 329 Å². The maximum atomic E-state index is 12.4. The molecule has 0 spiro atoms. The molecule has 11 heteroatoms. The number of pyridine rings is 2. The number of nitrogens with zero attached hydrogens (tertiary/aromatic N) is 2. The average Bonchev–Trinajstić information content (AvgIpc) is 3.15. The van der Waals surface area contributed by atoms with Crippen molar-refractivity contribution in [3.63, 3.8) is 0 Å². The van der Waals surface area contributed by atoms with Crippen LogP contribution in [0.5, 0.6) is 11.5 Å². The molecule has 2 heterocycles. The zero-order chi connectivity index (χ0) is 35.2. The molecule has 0 saturated heterocycles. The number of halogens is 2. The van der Waals surface area contributed by atoms with Gasteiger partial charge in [-0.25, -0.2) is 9.13 Å². The summed E-state index contributed by atoms with van der Waals surface area (Å²) < 4.78 is 15.0. The van der Waals surface area contributed by atoms with E-state index in [0.29, 0.717) is 31.6 Å². The van der Waals surface area contributed by atoms with Crippen molar-refractivity contribution in [3.8, 4) is 11.5 Å². The molecule has 0 saturated carbocycles. The van der Waals surface area contributed by atoms with E-state index in [2.05, 4.69) is 75.4 Å². The van der Waals surface area contributed by atoms with Crippen LogP contribution in [0.2, 0.25) is 0 Å². The Morgan fingerprint density at radius 1 is 0.615 bits per heavy atom. The first-order valence-corrected chi connectivity index (χ1v) is 19.7. The van der Waals surface area contributed by atoms with E-state index in [1.54, 1.807) is 35.8 Å². The first-order chi connectivity index (χ1) is 24.5. The standard InChI is InChI=1S/C41H48N3O4S2.2ClH/c1-47-39-14-5-3-10-36(39)19-17-34-21-28-43(29-22-34)26-7-12-38(45)13-9-32-49-50-33-25-42-41(46)16-8-27-44-30-23-35(24-31-44)18-20-37-11-4-6-15-40(37)48-2;;/h3-6,10-11,14-15,17-24,28-31H,7-9,12-13,16,25-27,32-33H2,1-2H3;2*1H/q+1;;/p-1/b19-17+,20-18+;;. The molecule has 4 rings (SSSR count). The first-order valence-electron chi connectivity index (χ1n) is 17.2. The highest BCUT2D eigenvalue weighted by Crippen LogP contribution is 2.23. The van der Waals surface area contributed by atoms with E-state index < -0.39 is 0 Å². The lowest BCUT2D eigenvalue weighted by Crippen LogP contribution is -3.00. The second-order valence-electron chi connectivity index (χ2n) is 11.7. The third kappa shape index (κ3) is 16.7. The Morgan fingerprint density at radius 3 is 1.60 bits per heavy atom. The van der Waals surface area contributed by atoms with E-state index in [9.17, 15) is 9.59 Å². The number of rotatable bonds is 22. The first kappa shape index (κ1) is 44.4. The number of aryl methyl sites for hydroxylation is 2. The third-order valence-corrected chi connectivity index (χ3v) is 10.5. The summed E-state index contributed by atoms with van der Waals surface area (Å²) in [6.45, 7) is 2.28. The molecule has 0 radical (unpaired) electrons. The summed E-state index contributed by atoms with van der Waals surface area (Å²) in [5, 5.41) is 3.02. The lowest BCUT2D eigenvalue weighted by molar-refractivity contribution is -0.697. The van der Waals surface area contributed by atoms with Gasteiger partial charge in [-0.3, -0.25) is 9.59 Å². The van der Waals surface area contributed by atoms with Crippen molar-refractivity contribution in [1.82, 2.24) is 5.32 Å². The molecule has 52 heavy (non-hydrogen) atoms. The van der Waals surface area contributed by atoms with Crippen molar-refractivity contribution >= 4 is 57.6 Å². The number of benzene rings is 2. The molecule has 2 aromatic carbocycles. The van der Waals surface area contributed by atoms with Gasteiger partial charge in [0.1, 0.15) is 30.4 Å². The van der Waals surface area contributed by atoms with Gasteiger partial charge in [0.05, 0.1) is 14.2 Å². The number of ketones is 1. The Balaban J connectivity index is 0.00000468. The molecule has 1 N–H and O–H groups in total. The van der Waals surface area contributed by atoms with Gasteiger partial charge < -0.3 is 39.6 Å². The summed E-state index contributed by atoms with van der Waals surface area (Å²) in [7, 11) is 6.89. The van der Waals surface area contributed by atoms with Crippen LogP contribution in [0.1, 0.15) is 60.8 Å². The highest BCUT2D eigenvalue weighted by molar-refractivity contribution is 8.76. The molecule has 0 aliphatic carbocycles. The fourth-order valence-corrected chi connectivity index (χ4v) is 7.20. The van der Waals surface area contributed by atoms with Gasteiger partial charge in [0.15, 0.2) is 24.8 Å². The van der Waals surface area contributed by atoms with Crippen LogP contribution in [0.3, 0.4) is 0 Å². The van der Waals surface area contributed by atoms with Crippen LogP contribution in [0.15, 0.2) is 97.6 Å². The maximum absolute atomic E-state index is 12.4. The number of carbonyl (C=O) groups is 2. The number of hydrogen-bond acceptors (Lipinski definition) is 6. The Morgan fingerprint density at radius 2 is 1.08 bits per heavy atom. The summed E-state index contributed by atoms with van der Waals surface area (Å²) in [5.74, 6) is 3.92. The zero-order valence-electron chi connectivity index (χ0n) is 29.9. The lowest BCUT2D eigenvalue weighted by atomic mass is 10.1. The number of nitrogens with one attached hydrogen (secondary N) is 1. The van der Waals surface area contributed by atoms with Gasteiger partial charge in [0, 0.05) is 85.5 Å². The highest BCUT2D eigenvalue weighted by Gasteiger charge is 2.08. The van der Waals surface area contributed by atoms with Crippen LogP contribution < -0.4 is 48.7 Å². The zero-order valence-corrected chi connectivity index (χ0v) is 33.1. The smallest absolute Gasteiger partial charge is 0.220 e. The number of carbonyl (C=O) groups excluding carboxylic acids is 2. The number of para-hydroxylation sites is 2. The van der Waals surface area contributed by atoms with Crippen LogP contribution in [-0.4, -0.2) is 44.0 Å².